The van der Waals surface area contributed by atoms with Crippen molar-refractivity contribution in [3.8, 4) is 0 Å². The predicted molar refractivity (Wildman–Crippen MR) is 288 cm³/mol. The van der Waals surface area contributed by atoms with Gasteiger partial charge >= 0.3 is 11.9 Å². The zero-order valence-corrected chi connectivity index (χ0v) is 44.2. The highest BCUT2D eigenvalue weighted by atomic mass is 16.6. The van der Waals surface area contributed by atoms with Gasteiger partial charge in [-0.15, -0.1) is 0 Å². The van der Waals surface area contributed by atoms with Gasteiger partial charge in [-0.25, -0.2) is 0 Å². The molecule has 66 heavy (non-hydrogen) atoms. The molecule has 0 aromatic carbocycles. The molecule has 0 radical (unpaired) electrons. The van der Waals surface area contributed by atoms with Crippen molar-refractivity contribution in [1.29, 1.82) is 0 Å². The van der Waals surface area contributed by atoms with E-state index in [1.807, 2.05) is 0 Å². The first-order chi connectivity index (χ1) is 32.6. The van der Waals surface area contributed by atoms with Crippen LogP contribution in [0.1, 0.15) is 290 Å². The third kappa shape index (κ3) is 54.2. The van der Waals surface area contributed by atoms with Gasteiger partial charge in [0, 0.05) is 19.4 Å². The summed E-state index contributed by atoms with van der Waals surface area (Å²) in [6.07, 6.45) is 72.4. The molecule has 0 spiro atoms. The standard InChI is InChI=1S/C61H110O5/c1-4-7-10-13-16-19-22-25-28-30-32-35-38-41-44-47-50-53-56-64-57-59(66-61(63)55-52-49-46-43-40-37-33-27-24-21-18-15-12-9-6-3)58-65-60(62)54-51-48-45-42-39-36-34-31-29-26-23-20-17-14-11-8-5-2/h9,12,16,18-19,21,25,27-28,33,59H,4-8,10-11,13-15,17,20,22-24,26,29-32,34-58H2,1-3H3/b12-9-,19-16-,21-18-,28-25-,33-27-. The van der Waals surface area contributed by atoms with Gasteiger partial charge in [-0.3, -0.25) is 9.59 Å². The van der Waals surface area contributed by atoms with Crippen LogP contribution in [-0.4, -0.2) is 37.9 Å². The molecule has 0 rings (SSSR count). The summed E-state index contributed by atoms with van der Waals surface area (Å²) in [5.74, 6) is -0.407. The van der Waals surface area contributed by atoms with Crippen molar-refractivity contribution in [3.63, 3.8) is 0 Å². The number of rotatable bonds is 53. The van der Waals surface area contributed by atoms with Crippen LogP contribution in [-0.2, 0) is 23.8 Å². The molecule has 0 bridgehead atoms. The van der Waals surface area contributed by atoms with Gasteiger partial charge in [0.05, 0.1) is 6.61 Å². The minimum absolute atomic E-state index is 0.0781. The number of unbranched alkanes of at least 4 members (excludes halogenated alkanes) is 32. The molecule has 1 atom stereocenters. The van der Waals surface area contributed by atoms with E-state index in [9.17, 15) is 9.59 Å². The molecule has 0 aliphatic rings. The Morgan fingerprint density at radius 2 is 0.682 bits per heavy atom. The van der Waals surface area contributed by atoms with Crippen LogP contribution >= 0.6 is 0 Å². The van der Waals surface area contributed by atoms with Crippen molar-refractivity contribution in [3.05, 3.63) is 60.8 Å². The molecule has 0 saturated carbocycles. The van der Waals surface area contributed by atoms with E-state index in [1.54, 1.807) is 0 Å². The Balaban J connectivity index is 4.27. The van der Waals surface area contributed by atoms with Gasteiger partial charge in [0.2, 0.25) is 0 Å². The Bertz CT molecular complexity index is 1130. The first-order valence-electron chi connectivity index (χ1n) is 28.8. The molecule has 384 valence electrons. The number of allylic oxidation sites excluding steroid dienone is 10. The first kappa shape index (κ1) is 63.6. The highest BCUT2D eigenvalue weighted by Gasteiger charge is 2.17. The average Bonchev–Trinajstić information content (AvgIpc) is 3.32. The molecular formula is C61H110O5. The van der Waals surface area contributed by atoms with E-state index in [-0.39, 0.29) is 25.2 Å². The van der Waals surface area contributed by atoms with E-state index in [4.69, 9.17) is 14.2 Å². The summed E-state index contributed by atoms with van der Waals surface area (Å²) in [6.45, 7) is 7.71. The van der Waals surface area contributed by atoms with E-state index in [1.165, 1.54) is 180 Å². The molecule has 0 heterocycles. The van der Waals surface area contributed by atoms with E-state index in [2.05, 4.69) is 81.5 Å². The largest absolute Gasteiger partial charge is 0.462 e. The quantitative estimate of drug-likeness (QED) is 0.0346. The fourth-order valence-electron chi connectivity index (χ4n) is 8.26. The molecule has 0 aromatic heterocycles. The number of hydrogen-bond donors (Lipinski definition) is 0. The average molecular weight is 924 g/mol. The van der Waals surface area contributed by atoms with Crippen molar-refractivity contribution in [2.75, 3.05) is 19.8 Å². The summed E-state index contributed by atoms with van der Waals surface area (Å²) >= 11 is 0. The summed E-state index contributed by atoms with van der Waals surface area (Å²) in [7, 11) is 0. The lowest BCUT2D eigenvalue weighted by molar-refractivity contribution is -0.163. The maximum atomic E-state index is 12.8. The molecule has 0 fully saturated rings. The van der Waals surface area contributed by atoms with Crippen LogP contribution < -0.4 is 0 Å². The first-order valence-corrected chi connectivity index (χ1v) is 28.8. The molecular weight excluding hydrogens is 813 g/mol. The molecule has 5 heteroatoms. The lowest BCUT2D eigenvalue weighted by Crippen LogP contribution is -2.30. The third-order valence-electron chi connectivity index (χ3n) is 12.5. The molecule has 0 saturated heterocycles. The smallest absolute Gasteiger partial charge is 0.306 e. The lowest BCUT2D eigenvalue weighted by Gasteiger charge is -2.18. The Labute approximate surface area is 411 Å². The van der Waals surface area contributed by atoms with Crippen molar-refractivity contribution in [2.24, 2.45) is 0 Å². The third-order valence-corrected chi connectivity index (χ3v) is 12.5. The summed E-state index contributed by atoms with van der Waals surface area (Å²) in [5, 5.41) is 0. The second-order valence-electron chi connectivity index (χ2n) is 19.2. The highest BCUT2D eigenvalue weighted by Crippen LogP contribution is 2.16. The van der Waals surface area contributed by atoms with Crippen LogP contribution in [0.25, 0.3) is 0 Å². The van der Waals surface area contributed by atoms with Crippen LogP contribution in [0.4, 0.5) is 0 Å². The van der Waals surface area contributed by atoms with Crippen molar-refractivity contribution in [2.45, 2.75) is 297 Å². The second-order valence-corrected chi connectivity index (χ2v) is 19.2. The molecule has 0 amide bonds. The zero-order valence-electron chi connectivity index (χ0n) is 44.2. The fraction of sp³-hybridized carbons (Fsp3) is 0.803. The van der Waals surface area contributed by atoms with Crippen LogP contribution in [0.3, 0.4) is 0 Å². The summed E-state index contributed by atoms with van der Waals surface area (Å²) < 4.78 is 17.5. The fourth-order valence-corrected chi connectivity index (χ4v) is 8.26. The van der Waals surface area contributed by atoms with E-state index in [0.29, 0.717) is 19.4 Å². The second kappa shape index (κ2) is 56.9. The summed E-state index contributed by atoms with van der Waals surface area (Å²) in [6, 6.07) is 0. The SMILES string of the molecule is CC/C=C\C/C=C\C/C=C\CCCCCCCC(=O)OC(COCCCCCCCCCC/C=C\C/C=C\CCCCC)COC(=O)CCCCCCCCCCCCCCCCCCC. The van der Waals surface area contributed by atoms with Gasteiger partial charge in [-0.05, 0) is 83.5 Å². The molecule has 5 nitrogen and oxygen atoms in total. The molecule has 0 aliphatic carbocycles. The monoisotopic (exact) mass is 923 g/mol. The Morgan fingerprint density at radius 3 is 1.12 bits per heavy atom. The molecule has 0 aliphatic heterocycles. The van der Waals surface area contributed by atoms with Crippen LogP contribution in [0.2, 0.25) is 0 Å². The minimum atomic E-state index is -0.548. The molecule has 0 N–H and O–H groups in total. The normalized spacial score (nSPS) is 12.6. The Hall–Kier alpha value is -2.40. The van der Waals surface area contributed by atoms with Crippen molar-refractivity contribution >= 4 is 11.9 Å². The number of esters is 2. The van der Waals surface area contributed by atoms with Gasteiger partial charge in [-0.2, -0.15) is 0 Å². The number of ether oxygens (including phenoxy) is 3. The number of carbonyl (C=O) groups is 2. The van der Waals surface area contributed by atoms with Crippen molar-refractivity contribution in [1.82, 2.24) is 0 Å². The summed E-state index contributed by atoms with van der Waals surface area (Å²) in [4.78, 5) is 25.5. The van der Waals surface area contributed by atoms with Gasteiger partial charge in [0.1, 0.15) is 6.61 Å². The van der Waals surface area contributed by atoms with Gasteiger partial charge in [-0.1, -0.05) is 255 Å². The lowest BCUT2D eigenvalue weighted by atomic mass is 10.0. The van der Waals surface area contributed by atoms with Gasteiger partial charge in [0.25, 0.3) is 0 Å². The Morgan fingerprint density at radius 1 is 0.348 bits per heavy atom. The maximum Gasteiger partial charge on any atom is 0.306 e. The summed E-state index contributed by atoms with van der Waals surface area (Å²) in [5.41, 5.74) is 0. The van der Waals surface area contributed by atoms with Gasteiger partial charge < -0.3 is 14.2 Å². The van der Waals surface area contributed by atoms with E-state index in [0.717, 1.165) is 77.0 Å². The van der Waals surface area contributed by atoms with E-state index < -0.39 is 6.10 Å². The molecule has 0 aromatic rings. The molecule has 1 unspecified atom stereocenters. The highest BCUT2D eigenvalue weighted by molar-refractivity contribution is 5.70. The Kier molecular flexibility index (Phi) is 54.9. The van der Waals surface area contributed by atoms with E-state index >= 15 is 0 Å². The van der Waals surface area contributed by atoms with Gasteiger partial charge in [0.15, 0.2) is 6.10 Å². The topological polar surface area (TPSA) is 61.8 Å². The maximum absolute atomic E-state index is 12.8. The number of carbonyl (C=O) groups excluding carboxylic acids is 2. The number of hydrogen-bond acceptors (Lipinski definition) is 5. The van der Waals surface area contributed by atoms with Crippen LogP contribution in [0, 0.1) is 0 Å². The van der Waals surface area contributed by atoms with Crippen LogP contribution in [0.15, 0.2) is 60.8 Å². The van der Waals surface area contributed by atoms with Crippen molar-refractivity contribution < 1.29 is 23.8 Å². The van der Waals surface area contributed by atoms with Crippen LogP contribution in [0.5, 0.6) is 0 Å². The minimum Gasteiger partial charge on any atom is -0.462 e. The predicted octanol–water partition coefficient (Wildman–Crippen LogP) is 19.7. The zero-order chi connectivity index (χ0) is 47.7.